The molecule has 0 radical (unpaired) electrons. The standard InChI is InChI=1S/C16H23N3O/c1-2-17-15-8-7-14(9-18-15)16(20)19(10-12-3-4-12)11-13-5-6-13/h7-9,12-13H,2-6,10-11H2,1H3,(H,17,18). The van der Waals surface area contributed by atoms with Crippen LogP contribution in [-0.4, -0.2) is 35.4 Å². The number of carbonyl (C=O) groups is 1. The molecule has 0 bridgehead atoms. The summed E-state index contributed by atoms with van der Waals surface area (Å²) in [5.41, 5.74) is 0.716. The van der Waals surface area contributed by atoms with E-state index in [2.05, 4.69) is 15.2 Å². The molecular weight excluding hydrogens is 250 g/mol. The summed E-state index contributed by atoms with van der Waals surface area (Å²) in [6.45, 7) is 4.75. The first-order valence-corrected chi connectivity index (χ1v) is 7.75. The van der Waals surface area contributed by atoms with Gasteiger partial charge in [-0.05, 0) is 56.6 Å². The van der Waals surface area contributed by atoms with Crippen LogP contribution in [0.3, 0.4) is 0 Å². The molecule has 2 aliphatic rings. The molecule has 0 aliphatic heterocycles. The third-order valence-electron chi connectivity index (χ3n) is 4.01. The molecule has 108 valence electrons. The highest BCUT2D eigenvalue weighted by molar-refractivity contribution is 5.94. The van der Waals surface area contributed by atoms with E-state index in [4.69, 9.17) is 0 Å². The van der Waals surface area contributed by atoms with Gasteiger partial charge in [0, 0.05) is 25.8 Å². The molecule has 0 aromatic carbocycles. The Balaban J connectivity index is 1.66. The topological polar surface area (TPSA) is 45.2 Å². The van der Waals surface area contributed by atoms with Gasteiger partial charge in [0.2, 0.25) is 0 Å². The summed E-state index contributed by atoms with van der Waals surface area (Å²) in [4.78, 5) is 19.0. The first-order chi connectivity index (χ1) is 9.76. The number of nitrogens with one attached hydrogen (secondary N) is 1. The third kappa shape index (κ3) is 3.50. The van der Waals surface area contributed by atoms with E-state index in [-0.39, 0.29) is 5.91 Å². The molecule has 1 heterocycles. The summed E-state index contributed by atoms with van der Waals surface area (Å²) in [6.07, 6.45) is 6.84. The van der Waals surface area contributed by atoms with Crippen LogP contribution in [0.2, 0.25) is 0 Å². The fourth-order valence-corrected chi connectivity index (χ4v) is 2.45. The molecule has 1 amide bonds. The Hall–Kier alpha value is -1.58. The van der Waals surface area contributed by atoms with Crippen molar-refractivity contribution in [3.05, 3.63) is 23.9 Å². The number of pyridine rings is 1. The fourth-order valence-electron chi connectivity index (χ4n) is 2.45. The van der Waals surface area contributed by atoms with Crippen LogP contribution in [0.1, 0.15) is 43.0 Å². The van der Waals surface area contributed by atoms with Crippen molar-refractivity contribution in [1.29, 1.82) is 0 Å². The lowest BCUT2D eigenvalue weighted by Gasteiger charge is -2.22. The SMILES string of the molecule is CCNc1ccc(C(=O)N(CC2CC2)CC2CC2)cn1. The Morgan fingerprint density at radius 2 is 1.90 bits per heavy atom. The van der Waals surface area contributed by atoms with Gasteiger partial charge >= 0.3 is 0 Å². The molecule has 20 heavy (non-hydrogen) atoms. The highest BCUT2D eigenvalue weighted by Gasteiger charge is 2.31. The van der Waals surface area contributed by atoms with Gasteiger partial charge in [-0.25, -0.2) is 4.98 Å². The zero-order chi connectivity index (χ0) is 13.9. The summed E-state index contributed by atoms with van der Waals surface area (Å²) in [6, 6.07) is 3.78. The lowest BCUT2D eigenvalue weighted by molar-refractivity contribution is 0.0739. The second kappa shape index (κ2) is 5.81. The van der Waals surface area contributed by atoms with Crippen LogP contribution in [-0.2, 0) is 0 Å². The van der Waals surface area contributed by atoms with E-state index in [0.29, 0.717) is 5.56 Å². The molecule has 1 aromatic heterocycles. The molecule has 4 heteroatoms. The van der Waals surface area contributed by atoms with Gasteiger partial charge in [0.15, 0.2) is 0 Å². The van der Waals surface area contributed by atoms with Gasteiger partial charge in [0.05, 0.1) is 5.56 Å². The number of carbonyl (C=O) groups excluding carboxylic acids is 1. The minimum absolute atomic E-state index is 0.152. The zero-order valence-corrected chi connectivity index (χ0v) is 12.1. The number of hydrogen-bond acceptors (Lipinski definition) is 3. The summed E-state index contributed by atoms with van der Waals surface area (Å²) >= 11 is 0. The predicted molar refractivity (Wildman–Crippen MR) is 79.8 cm³/mol. The van der Waals surface area contributed by atoms with Gasteiger partial charge in [-0.15, -0.1) is 0 Å². The van der Waals surface area contributed by atoms with Gasteiger partial charge in [0.1, 0.15) is 5.82 Å². The minimum atomic E-state index is 0.152. The smallest absolute Gasteiger partial charge is 0.255 e. The molecule has 1 aromatic rings. The van der Waals surface area contributed by atoms with E-state index in [9.17, 15) is 4.79 Å². The molecule has 0 spiro atoms. The van der Waals surface area contributed by atoms with Crippen LogP contribution < -0.4 is 5.32 Å². The third-order valence-corrected chi connectivity index (χ3v) is 4.01. The van der Waals surface area contributed by atoms with Crippen LogP contribution in [0.4, 0.5) is 5.82 Å². The second-order valence-electron chi connectivity index (χ2n) is 6.06. The molecule has 0 atom stereocenters. The van der Waals surface area contributed by atoms with Crippen LogP contribution in [0.5, 0.6) is 0 Å². The van der Waals surface area contributed by atoms with Crippen molar-refractivity contribution in [3.8, 4) is 0 Å². The molecule has 2 fully saturated rings. The summed E-state index contributed by atoms with van der Waals surface area (Å²) in [7, 11) is 0. The summed E-state index contributed by atoms with van der Waals surface area (Å²) in [5, 5.41) is 3.15. The van der Waals surface area contributed by atoms with Crippen molar-refractivity contribution in [2.24, 2.45) is 11.8 Å². The van der Waals surface area contributed by atoms with Crippen LogP contribution >= 0.6 is 0 Å². The molecule has 2 saturated carbocycles. The first kappa shape index (κ1) is 13.4. The maximum Gasteiger partial charge on any atom is 0.255 e. The van der Waals surface area contributed by atoms with Crippen molar-refractivity contribution in [2.45, 2.75) is 32.6 Å². The maximum atomic E-state index is 12.6. The van der Waals surface area contributed by atoms with Gasteiger partial charge in [-0.2, -0.15) is 0 Å². The highest BCUT2D eigenvalue weighted by atomic mass is 16.2. The molecule has 0 saturated heterocycles. The average molecular weight is 273 g/mol. The predicted octanol–water partition coefficient (Wildman–Crippen LogP) is 2.78. The quantitative estimate of drug-likeness (QED) is 0.831. The molecule has 3 rings (SSSR count). The lowest BCUT2D eigenvalue weighted by atomic mass is 10.2. The molecule has 4 nitrogen and oxygen atoms in total. The monoisotopic (exact) mass is 273 g/mol. The lowest BCUT2D eigenvalue weighted by Crippen LogP contribution is -2.34. The number of nitrogens with zero attached hydrogens (tertiary/aromatic N) is 2. The van der Waals surface area contributed by atoms with E-state index in [1.54, 1.807) is 6.20 Å². The normalized spacial score (nSPS) is 17.9. The second-order valence-corrected chi connectivity index (χ2v) is 6.06. The van der Waals surface area contributed by atoms with Gasteiger partial charge < -0.3 is 10.2 Å². The van der Waals surface area contributed by atoms with Gasteiger partial charge in [-0.1, -0.05) is 0 Å². The van der Waals surface area contributed by atoms with Crippen LogP contribution in [0.25, 0.3) is 0 Å². The molecule has 1 N–H and O–H groups in total. The zero-order valence-electron chi connectivity index (χ0n) is 12.1. The van der Waals surface area contributed by atoms with Gasteiger partial charge in [-0.3, -0.25) is 4.79 Å². The van der Waals surface area contributed by atoms with E-state index in [1.165, 1.54) is 25.7 Å². The van der Waals surface area contributed by atoms with Crippen molar-refractivity contribution in [1.82, 2.24) is 9.88 Å². The Bertz CT molecular complexity index is 449. The Kier molecular flexibility index (Phi) is 3.90. The van der Waals surface area contributed by atoms with Crippen molar-refractivity contribution < 1.29 is 4.79 Å². The van der Waals surface area contributed by atoms with Crippen molar-refractivity contribution >= 4 is 11.7 Å². The van der Waals surface area contributed by atoms with Crippen molar-refractivity contribution in [2.75, 3.05) is 25.0 Å². The number of aromatic nitrogens is 1. The highest BCUT2D eigenvalue weighted by Crippen LogP contribution is 2.34. The Labute approximate surface area is 120 Å². The number of rotatable bonds is 7. The van der Waals surface area contributed by atoms with E-state index < -0.39 is 0 Å². The maximum absolute atomic E-state index is 12.6. The summed E-state index contributed by atoms with van der Waals surface area (Å²) in [5.74, 6) is 2.47. The number of hydrogen-bond donors (Lipinski definition) is 1. The largest absolute Gasteiger partial charge is 0.370 e. The van der Waals surface area contributed by atoms with E-state index in [1.807, 2.05) is 19.1 Å². The average Bonchev–Trinajstić information content (AvgIpc) is 3.34. The Morgan fingerprint density at radius 3 is 2.35 bits per heavy atom. The van der Waals surface area contributed by atoms with Crippen LogP contribution in [0.15, 0.2) is 18.3 Å². The summed E-state index contributed by atoms with van der Waals surface area (Å²) < 4.78 is 0. The fraction of sp³-hybridized carbons (Fsp3) is 0.625. The van der Waals surface area contributed by atoms with Crippen LogP contribution in [0, 0.1) is 11.8 Å². The number of anilines is 1. The molecular formula is C16H23N3O. The minimum Gasteiger partial charge on any atom is -0.370 e. The molecule has 0 unspecified atom stereocenters. The number of amides is 1. The van der Waals surface area contributed by atoms with E-state index >= 15 is 0 Å². The van der Waals surface area contributed by atoms with E-state index in [0.717, 1.165) is 37.3 Å². The van der Waals surface area contributed by atoms with Crippen molar-refractivity contribution in [3.63, 3.8) is 0 Å². The molecule has 2 aliphatic carbocycles. The first-order valence-electron chi connectivity index (χ1n) is 7.75. The van der Waals surface area contributed by atoms with Gasteiger partial charge in [0.25, 0.3) is 5.91 Å². The Morgan fingerprint density at radius 1 is 1.25 bits per heavy atom.